The van der Waals surface area contributed by atoms with Crippen LogP contribution in [0.1, 0.15) is 24.8 Å². The van der Waals surface area contributed by atoms with Gasteiger partial charge in [-0.25, -0.2) is 4.98 Å². The van der Waals surface area contributed by atoms with Crippen LogP contribution in [0.25, 0.3) is 33.1 Å². The van der Waals surface area contributed by atoms with Crippen molar-refractivity contribution in [2.75, 3.05) is 20.8 Å². The van der Waals surface area contributed by atoms with Gasteiger partial charge in [-0.3, -0.25) is 4.98 Å². The highest BCUT2D eigenvalue weighted by atomic mass is 16.7. The third kappa shape index (κ3) is 3.99. The zero-order valence-corrected chi connectivity index (χ0v) is 18.3. The summed E-state index contributed by atoms with van der Waals surface area (Å²) in [4.78, 5) is 9.52. The quantitative estimate of drug-likeness (QED) is 0.376. The second kappa shape index (κ2) is 9.10. The first-order valence-corrected chi connectivity index (χ1v) is 10.9. The van der Waals surface area contributed by atoms with Crippen LogP contribution in [0.3, 0.4) is 0 Å². The van der Waals surface area contributed by atoms with Gasteiger partial charge in [0, 0.05) is 23.6 Å². The van der Waals surface area contributed by atoms with E-state index < -0.39 is 0 Å². The molecule has 0 radical (unpaired) electrons. The molecule has 0 spiro atoms. The molecule has 1 aliphatic heterocycles. The smallest absolute Gasteiger partial charge is 0.158 e. The van der Waals surface area contributed by atoms with Gasteiger partial charge in [-0.2, -0.15) is 0 Å². The fraction of sp³-hybridized carbons (Fsp3) is 0.308. The van der Waals surface area contributed by atoms with Crippen molar-refractivity contribution < 1.29 is 18.9 Å². The summed E-state index contributed by atoms with van der Waals surface area (Å²) in [5.41, 5.74) is 4.27. The van der Waals surface area contributed by atoms with Gasteiger partial charge in [-0.05, 0) is 49.1 Å². The molecule has 32 heavy (non-hydrogen) atoms. The summed E-state index contributed by atoms with van der Waals surface area (Å²) >= 11 is 0. The van der Waals surface area contributed by atoms with Crippen LogP contribution in [0.5, 0.6) is 11.5 Å². The van der Waals surface area contributed by atoms with Gasteiger partial charge in [0.1, 0.15) is 11.5 Å². The Labute approximate surface area is 187 Å². The van der Waals surface area contributed by atoms with Crippen molar-refractivity contribution in [3.05, 3.63) is 60.3 Å². The summed E-state index contributed by atoms with van der Waals surface area (Å²) in [5.74, 6) is 1.38. The van der Waals surface area contributed by atoms with Crippen LogP contribution in [0, 0.1) is 0 Å². The SMILES string of the molecule is COc1cc(COC2CCCCO2)cc(OC)c1-c1ccc2ccc3cccnc3c2n1. The molecule has 0 bridgehead atoms. The minimum absolute atomic E-state index is 0.150. The fourth-order valence-electron chi connectivity index (χ4n) is 4.20. The van der Waals surface area contributed by atoms with Crippen molar-refractivity contribution in [2.24, 2.45) is 0 Å². The van der Waals surface area contributed by atoms with E-state index in [0.29, 0.717) is 18.1 Å². The minimum atomic E-state index is -0.150. The lowest BCUT2D eigenvalue weighted by atomic mass is 10.0. The van der Waals surface area contributed by atoms with E-state index >= 15 is 0 Å². The second-order valence-electron chi connectivity index (χ2n) is 7.89. The third-order valence-corrected chi connectivity index (χ3v) is 5.83. The van der Waals surface area contributed by atoms with Crippen LogP contribution in [0.15, 0.2) is 54.7 Å². The number of benzene rings is 2. The molecule has 1 aliphatic rings. The summed E-state index contributed by atoms with van der Waals surface area (Å²) in [7, 11) is 3.32. The zero-order valence-electron chi connectivity index (χ0n) is 18.3. The largest absolute Gasteiger partial charge is 0.496 e. The second-order valence-corrected chi connectivity index (χ2v) is 7.89. The molecule has 0 aliphatic carbocycles. The summed E-state index contributed by atoms with van der Waals surface area (Å²) in [6.45, 7) is 1.19. The highest BCUT2D eigenvalue weighted by Crippen LogP contribution is 2.40. The molecule has 1 unspecified atom stereocenters. The molecular weight excluding hydrogens is 404 g/mol. The first-order valence-electron chi connectivity index (χ1n) is 10.9. The van der Waals surface area contributed by atoms with Crippen molar-refractivity contribution in [2.45, 2.75) is 32.2 Å². The number of pyridine rings is 2. The van der Waals surface area contributed by atoms with Gasteiger partial charge in [0.05, 0.1) is 43.1 Å². The lowest BCUT2D eigenvalue weighted by molar-refractivity contribution is -0.168. The molecule has 1 fully saturated rings. The fourth-order valence-corrected chi connectivity index (χ4v) is 4.20. The minimum Gasteiger partial charge on any atom is -0.496 e. The summed E-state index contributed by atoms with van der Waals surface area (Å²) < 4.78 is 23.1. The number of methoxy groups -OCH3 is 2. The monoisotopic (exact) mass is 430 g/mol. The van der Waals surface area contributed by atoms with Crippen LogP contribution >= 0.6 is 0 Å². The van der Waals surface area contributed by atoms with Gasteiger partial charge >= 0.3 is 0 Å². The Bertz CT molecular complexity index is 1230. The average molecular weight is 431 g/mol. The number of ether oxygens (including phenoxy) is 4. The summed E-state index contributed by atoms with van der Waals surface area (Å²) in [6, 6.07) is 16.1. The molecule has 0 N–H and O–H groups in total. The third-order valence-electron chi connectivity index (χ3n) is 5.83. The Morgan fingerprint density at radius 3 is 2.41 bits per heavy atom. The maximum atomic E-state index is 5.96. The van der Waals surface area contributed by atoms with Gasteiger partial charge in [0.2, 0.25) is 0 Å². The van der Waals surface area contributed by atoms with Crippen LogP contribution in [-0.2, 0) is 16.1 Å². The van der Waals surface area contributed by atoms with Gasteiger partial charge in [0.15, 0.2) is 6.29 Å². The first kappa shape index (κ1) is 20.7. The van der Waals surface area contributed by atoms with Crippen molar-refractivity contribution in [3.8, 4) is 22.8 Å². The normalized spacial score (nSPS) is 16.4. The van der Waals surface area contributed by atoms with Gasteiger partial charge < -0.3 is 18.9 Å². The van der Waals surface area contributed by atoms with E-state index in [0.717, 1.165) is 64.5 Å². The van der Waals surface area contributed by atoms with E-state index in [-0.39, 0.29) is 6.29 Å². The number of aromatic nitrogens is 2. The standard InChI is InChI=1S/C26H26N2O4/c1-29-21-14-17(16-32-23-7-3-4-13-31-23)15-22(30-2)24(21)20-11-10-19-9-8-18-6-5-12-27-25(18)26(19)28-20/h5-6,8-12,14-15,23H,3-4,7,13,16H2,1-2H3. The molecule has 4 aromatic rings. The number of fused-ring (bicyclic) bond motifs is 3. The van der Waals surface area contributed by atoms with E-state index in [1.807, 2.05) is 30.3 Å². The Kier molecular flexibility index (Phi) is 5.88. The highest BCUT2D eigenvalue weighted by Gasteiger charge is 2.19. The molecule has 5 rings (SSSR count). The number of rotatable bonds is 6. The van der Waals surface area contributed by atoms with E-state index in [9.17, 15) is 0 Å². The van der Waals surface area contributed by atoms with Crippen molar-refractivity contribution in [3.63, 3.8) is 0 Å². The summed E-state index contributed by atoms with van der Waals surface area (Å²) in [6.07, 6.45) is 4.80. The van der Waals surface area contributed by atoms with Crippen molar-refractivity contribution >= 4 is 21.8 Å². The van der Waals surface area contributed by atoms with E-state index in [2.05, 4.69) is 23.2 Å². The maximum Gasteiger partial charge on any atom is 0.158 e. The topological polar surface area (TPSA) is 62.7 Å². The van der Waals surface area contributed by atoms with Crippen LogP contribution in [0.4, 0.5) is 0 Å². The van der Waals surface area contributed by atoms with Crippen molar-refractivity contribution in [1.29, 1.82) is 0 Å². The predicted octanol–water partition coefficient (Wildman–Crippen LogP) is 5.51. The molecule has 2 aromatic heterocycles. The lowest BCUT2D eigenvalue weighted by Gasteiger charge is -2.23. The van der Waals surface area contributed by atoms with E-state index in [1.54, 1.807) is 20.4 Å². The van der Waals surface area contributed by atoms with Gasteiger partial charge in [-0.1, -0.05) is 24.3 Å². The average Bonchev–Trinajstić information content (AvgIpc) is 2.87. The molecule has 6 heteroatoms. The lowest BCUT2D eigenvalue weighted by Crippen LogP contribution is -2.22. The summed E-state index contributed by atoms with van der Waals surface area (Å²) in [5, 5.41) is 2.09. The highest BCUT2D eigenvalue weighted by molar-refractivity contribution is 6.03. The van der Waals surface area contributed by atoms with Gasteiger partial charge in [-0.15, -0.1) is 0 Å². The molecular formula is C26H26N2O4. The Morgan fingerprint density at radius 1 is 0.938 bits per heavy atom. The van der Waals surface area contributed by atoms with Crippen molar-refractivity contribution in [1.82, 2.24) is 9.97 Å². The predicted molar refractivity (Wildman–Crippen MR) is 124 cm³/mol. The van der Waals surface area contributed by atoms with Crippen LogP contribution in [0.2, 0.25) is 0 Å². The number of hydrogen-bond acceptors (Lipinski definition) is 6. The molecule has 6 nitrogen and oxygen atoms in total. The van der Waals surface area contributed by atoms with Crippen LogP contribution in [-0.4, -0.2) is 37.1 Å². The zero-order chi connectivity index (χ0) is 21.9. The molecule has 1 atom stereocenters. The number of nitrogens with zero attached hydrogens (tertiary/aromatic N) is 2. The van der Waals surface area contributed by atoms with E-state index in [1.165, 1.54) is 0 Å². The Hall–Kier alpha value is -3.22. The maximum absolute atomic E-state index is 5.96. The Morgan fingerprint density at radius 2 is 1.69 bits per heavy atom. The molecule has 0 amide bonds. The molecule has 2 aromatic carbocycles. The van der Waals surface area contributed by atoms with Crippen LogP contribution < -0.4 is 9.47 Å². The first-order chi connectivity index (χ1) is 15.8. The van der Waals surface area contributed by atoms with Gasteiger partial charge in [0.25, 0.3) is 0 Å². The molecule has 1 saturated heterocycles. The molecule has 164 valence electrons. The molecule has 3 heterocycles. The van der Waals surface area contributed by atoms with E-state index in [4.69, 9.17) is 23.9 Å². The Balaban J connectivity index is 1.54. The molecule has 0 saturated carbocycles. The number of hydrogen-bond donors (Lipinski definition) is 0.